The van der Waals surface area contributed by atoms with Crippen LogP contribution in [0.25, 0.3) is 0 Å². The number of rotatable bonds is 7. The lowest BCUT2D eigenvalue weighted by molar-refractivity contribution is -0.386. The Labute approximate surface area is 144 Å². The van der Waals surface area contributed by atoms with E-state index in [-0.39, 0.29) is 17.2 Å². The second-order valence-corrected chi connectivity index (χ2v) is 7.05. The second-order valence-electron chi connectivity index (χ2n) is 5.30. The molecule has 0 unspecified atom stereocenters. The minimum absolute atomic E-state index is 0.00344. The summed E-state index contributed by atoms with van der Waals surface area (Å²) >= 11 is 0. The number of Topliss-reactive ketones (excluding diaryl/α,β-unsaturated/α-hetero) is 1. The topological polar surface area (TPSA) is 116 Å². The molecule has 0 saturated heterocycles. The highest BCUT2D eigenvalue weighted by molar-refractivity contribution is 7.92. The fourth-order valence-corrected chi connectivity index (χ4v) is 2.67. The maximum atomic E-state index is 12.4. The van der Waals surface area contributed by atoms with Crippen molar-refractivity contribution < 1.29 is 22.9 Å². The number of nitro groups is 1. The molecular weight excluding hydrogens is 348 g/mol. The van der Waals surface area contributed by atoms with Crippen LogP contribution in [-0.2, 0) is 10.0 Å². The molecular formula is C16H16N2O6S. The number of ketones is 1. The number of carbonyl (C=O) groups is 1. The van der Waals surface area contributed by atoms with Crippen LogP contribution in [0.3, 0.4) is 0 Å². The Bertz CT molecular complexity index is 893. The van der Waals surface area contributed by atoms with E-state index in [4.69, 9.17) is 4.74 Å². The average molecular weight is 364 g/mol. The van der Waals surface area contributed by atoms with Crippen molar-refractivity contribution >= 4 is 27.2 Å². The van der Waals surface area contributed by atoms with Gasteiger partial charge in [-0.2, -0.15) is 0 Å². The van der Waals surface area contributed by atoms with E-state index in [1.165, 1.54) is 49.4 Å². The van der Waals surface area contributed by atoms with Crippen LogP contribution in [0.1, 0.15) is 17.3 Å². The van der Waals surface area contributed by atoms with Crippen molar-refractivity contribution in [3.8, 4) is 5.75 Å². The quantitative estimate of drug-likeness (QED) is 0.459. The first kappa shape index (κ1) is 18.4. The van der Waals surface area contributed by atoms with Gasteiger partial charge in [0.25, 0.3) is 0 Å². The lowest BCUT2D eigenvalue weighted by Crippen LogP contribution is -2.24. The number of nitro benzene ring substituents is 1. The van der Waals surface area contributed by atoms with Gasteiger partial charge in [-0.15, -0.1) is 0 Å². The van der Waals surface area contributed by atoms with E-state index < -0.39 is 21.1 Å². The van der Waals surface area contributed by atoms with Crippen LogP contribution in [0.15, 0.2) is 48.5 Å². The Morgan fingerprint density at radius 3 is 2.32 bits per heavy atom. The first-order valence-electron chi connectivity index (χ1n) is 7.19. The number of sulfonamides is 1. The summed E-state index contributed by atoms with van der Waals surface area (Å²) in [5.41, 5.74) is 0.395. The smallest absolute Gasteiger partial charge is 0.310 e. The van der Waals surface area contributed by atoms with Crippen molar-refractivity contribution in [1.29, 1.82) is 0 Å². The van der Waals surface area contributed by atoms with E-state index in [0.29, 0.717) is 11.3 Å². The first-order valence-corrected chi connectivity index (χ1v) is 9.08. The SMILES string of the molecule is C[C@H](Oc1ccccc1[N+](=O)[O-])C(=O)c1ccc(NS(C)(=O)=O)cc1. The zero-order valence-electron chi connectivity index (χ0n) is 13.5. The Balaban J connectivity index is 2.14. The van der Waals surface area contributed by atoms with Crippen molar-refractivity contribution in [2.24, 2.45) is 0 Å². The van der Waals surface area contributed by atoms with Crippen LogP contribution in [0.2, 0.25) is 0 Å². The standard InChI is InChI=1S/C16H16N2O6S/c1-11(24-15-6-4-3-5-14(15)18(20)21)16(19)12-7-9-13(10-8-12)17-25(2,22)23/h3-11,17H,1-2H3/t11-/m0/s1. The maximum Gasteiger partial charge on any atom is 0.310 e. The van der Waals surface area contributed by atoms with Gasteiger partial charge in [0.15, 0.2) is 11.9 Å². The number of ether oxygens (including phenoxy) is 1. The zero-order valence-corrected chi connectivity index (χ0v) is 14.3. The van der Waals surface area contributed by atoms with E-state index >= 15 is 0 Å². The Hall–Kier alpha value is -2.94. The summed E-state index contributed by atoms with van der Waals surface area (Å²) in [5.74, 6) is -0.382. The molecule has 1 N–H and O–H groups in total. The van der Waals surface area contributed by atoms with Crippen LogP contribution >= 0.6 is 0 Å². The molecule has 0 aliphatic carbocycles. The van der Waals surface area contributed by atoms with E-state index in [2.05, 4.69) is 4.72 Å². The fraction of sp³-hybridized carbons (Fsp3) is 0.188. The second kappa shape index (κ2) is 7.31. The van der Waals surface area contributed by atoms with Crippen molar-refractivity contribution in [3.63, 3.8) is 0 Å². The van der Waals surface area contributed by atoms with E-state index in [1.807, 2.05) is 0 Å². The van der Waals surface area contributed by atoms with Gasteiger partial charge in [-0.1, -0.05) is 12.1 Å². The third kappa shape index (κ3) is 5.01. The molecule has 0 amide bonds. The van der Waals surface area contributed by atoms with E-state index in [1.54, 1.807) is 6.07 Å². The van der Waals surface area contributed by atoms with Crippen molar-refractivity contribution in [2.45, 2.75) is 13.0 Å². The molecule has 0 aliphatic heterocycles. The van der Waals surface area contributed by atoms with Gasteiger partial charge in [-0.3, -0.25) is 19.6 Å². The Kier molecular flexibility index (Phi) is 5.38. The van der Waals surface area contributed by atoms with E-state index in [0.717, 1.165) is 6.26 Å². The van der Waals surface area contributed by atoms with Crippen LogP contribution < -0.4 is 9.46 Å². The normalized spacial score (nSPS) is 12.2. The Morgan fingerprint density at radius 2 is 1.76 bits per heavy atom. The zero-order chi connectivity index (χ0) is 18.6. The van der Waals surface area contributed by atoms with Crippen molar-refractivity contribution in [1.82, 2.24) is 0 Å². The molecule has 2 aromatic carbocycles. The van der Waals surface area contributed by atoms with Crippen LogP contribution in [-0.4, -0.2) is 31.5 Å². The van der Waals surface area contributed by atoms with Gasteiger partial charge in [-0.25, -0.2) is 8.42 Å². The number of hydrogen-bond acceptors (Lipinski definition) is 6. The highest BCUT2D eigenvalue weighted by Gasteiger charge is 2.21. The summed E-state index contributed by atoms with van der Waals surface area (Å²) in [5, 5.41) is 11.0. The van der Waals surface area contributed by atoms with Crippen LogP contribution in [0.4, 0.5) is 11.4 Å². The summed E-state index contributed by atoms with van der Waals surface area (Å²) in [6, 6.07) is 11.6. The molecule has 0 aromatic heterocycles. The van der Waals surface area contributed by atoms with Gasteiger partial charge >= 0.3 is 5.69 Å². The molecule has 0 radical (unpaired) electrons. The van der Waals surface area contributed by atoms with Crippen LogP contribution in [0, 0.1) is 10.1 Å². The predicted molar refractivity (Wildman–Crippen MR) is 92.4 cm³/mol. The number of anilines is 1. The molecule has 0 heterocycles. The third-order valence-corrected chi connectivity index (χ3v) is 3.81. The van der Waals surface area contributed by atoms with Crippen molar-refractivity contribution in [3.05, 3.63) is 64.2 Å². The number of nitrogens with zero attached hydrogens (tertiary/aromatic N) is 1. The van der Waals surface area contributed by atoms with Gasteiger partial charge < -0.3 is 4.74 Å². The molecule has 25 heavy (non-hydrogen) atoms. The summed E-state index contributed by atoms with van der Waals surface area (Å²) < 4.78 is 30.1. The van der Waals surface area contributed by atoms with Crippen LogP contribution in [0.5, 0.6) is 5.75 Å². The van der Waals surface area contributed by atoms with Crippen molar-refractivity contribution in [2.75, 3.05) is 11.0 Å². The van der Waals surface area contributed by atoms with Gasteiger partial charge in [0.1, 0.15) is 0 Å². The summed E-state index contributed by atoms with van der Waals surface area (Å²) in [6.07, 6.45) is 0.0733. The minimum Gasteiger partial charge on any atom is -0.475 e. The molecule has 2 aromatic rings. The molecule has 2 rings (SSSR count). The molecule has 1 atom stereocenters. The lowest BCUT2D eigenvalue weighted by Gasteiger charge is -2.14. The lowest BCUT2D eigenvalue weighted by atomic mass is 10.1. The molecule has 0 saturated carbocycles. The number of carbonyl (C=O) groups excluding carboxylic acids is 1. The van der Waals surface area contributed by atoms with Gasteiger partial charge in [-0.05, 0) is 37.3 Å². The van der Waals surface area contributed by atoms with Gasteiger partial charge in [0, 0.05) is 17.3 Å². The molecule has 0 spiro atoms. The molecule has 0 bridgehead atoms. The summed E-state index contributed by atoms with van der Waals surface area (Å²) in [7, 11) is -3.40. The average Bonchev–Trinajstić information content (AvgIpc) is 2.53. The summed E-state index contributed by atoms with van der Waals surface area (Å²) in [4.78, 5) is 22.8. The van der Waals surface area contributed by atoms with Gasteiger partial charge in [0.05, 0.1) is 11.2 Å². The minimum atomic E-state index is -3.40. The molecule has 8 nitrogen and oxygen atoms in total. The Morgan fingerprint density at radius 1 is 1.16 bits per heavy atom. The third-order valence-electron chi connectivity index (χ3n) is 3.21. The molecule has 0 aliphatic rings. The highest BCUT2D eigenvalue weighted by Crippen LogP contribution is 2.27. The summed E-state index contributed by atoms with van der Waals surface area (Å²) in [6.45, 7) is 1.49. The molecule has 0 fully saturated rings. The highest BCUT2D eigenvalue weighted by atomic mass is 32.2. The largest absolute Gasteiger partial charge is 0.475 e. The number of benzene rings is 2. The first-order chi connectivity index (χ1) is 11.7. The maximum absolute atomic E-state index is 12.4. The number of nitrogens with one attached hydrogen (secondary N) is 1. The molecule has 132 valence electrons. The fourth-order valence-electron chi connectivity index (χ4n) is 2.10. The monoisotopic (exact) mass is 364 g/mol. The number of hydrogen-bond donors (Lipinski definition) is 1. The predicted octanol–water partition coefficient (Wildman–Crippen LogP) is 2.62. The molecule has 9 heteroatoms. The number of para-hydroxylation sites is 2. The van der Waals surface area contributed by atoms with E-state index in [9.17, 15) is 23.3 Å². The van der Waals surface area contributed by atoms with Gasteiger partial charge in [0.2, 0.25) is 15.8 Å².